The molecule has 0 saturated carbocycles. The second-order valence-electron chi connectivity index (χ2n) is 6.84. The van der Waals surface area contributed by atoms with Crippen LogP contribution in [0.1, 0.15) is 46.5 Å². The molecule has 0 unspecified atom stereocenters. The van der Waals surface area contributed by atoms with E-state index in [-0.39, 0.29) is 13.0 Å². The minimum Gasteiger partial charge on any atom is -0.456 e. The predicted molar refractivity (Wildman–Crippen MR) is 88.4 cm³/mol. The zero-order chi connectivity index (χ0) is 19.0. The van der Waals surface area contributed by atoms with E-state index in [0.29, 0.717) is 13.0 Å². The molecular weight excluding hydrogens is 330 g/mol. The topological polar surface area (TPSA) is 128 Å². The molecule has 9 nitrogen and oxygen atoms in total. The van der Waals surface area contributed by atoms with Crippen molar-refractivity contribution in [2.24, 2.45) is 5.73 Å². The first-order chi connectivity index (χ1) is 11.6. The molecule has 1 aliphatic rings. The van der Waals surface area contributed by atoms with Crippen LogP contribution < -0.4 is 11.1 Å². The number of rotatable bonds is 6. The van der Waals surface area contributed by atoms with E-state index >= 15 is 0 Å². The lowest BCUT2D eigenvalue weighted by Crippen LogP contribution is -2.51. The van der Waals surface area contributed by atoms with Crippen LogP contribution in [-0.4, -0.2) is 60.1 Å². The Hall–Kier alpha value is -2.32. The highest BCUT2D eigenvalue weighted by molar-refractivity contribution is 5.88. The maximum atomic E-state index is 12.1. The second kappa shape index (κ2) is 9.24. The van der Waals surface area contributed by atoms with E-state index < -0.39 is 42.1 Å². The maximum absolute atomic E-state index is 12.1. The zero-order valence-electron chi connectivity index (χ0n) is 15.0. The van der Waals surface area contributed by atoms with E-state index in [2.05, 4.69) is 5.32 Å². The first-order valence-corrected chi connectivity index (χ1v) is 8.31. The third kappa shape index (κ3) is 7.86. The van der Waals surface area contributed by atoms with E-state index in [0.717, 1.165) is 12.8 Å². The van der Waals surface area contributed by atoms with Gasteiger partial charge in [0.05, 0.1) is 6.42 Å². The van der Waals surface area contributed by atoms with Crippen LogP contribution in [-0.2, 0) is 23.9 Å². The van der Waals surface area contributed by atoms with Gasteiger partial charge in [-0.1, -0.05) is 0 Å². The summed E-state index contributed by atoms with van der Waals surface area (Å²) in [4.78, 5) is 47.9. The molecule has 0 aliphatic carbocycles. The van der Waals surface area contributed by atoms with Crippen LogP contribution in [0, 0.1) is 0 Å². The number of hydrogen-bond donors (Lipinski definition) is 2. The van der Waals surface area contributed by atoms with Crippen molar-refractivity contribution in [3.8, 4) is 0 Å². The highest BCUT2D eigenvalue weighted by atomic mass is 16.6. The normalized spacial score (nSPS) is 17.6. The fraction of sp³-hybridized carbons (Fsp3) is 0.750. The molecule has 142 valence electrons. The summed E-state index contributed by atoms with van der Waals surface area (Å²) in [5, 5.41) is 2.42. The van der Waals surface area contributed by atoms with E-state index in [1.807, 2.05) is 0 Å². The van der Waals surface area contributed by atoms with Crippen LogP contribution in [0.2, 0.25) is 0 Å². The number of nitrogens with one attached hydrogen (secondary N) is 1. The van der Waals surface area contributed by atoms with Gasteiger partial charge in [0, 0.05) is 13.1 Å². The number of carbonyl (C=O) groups excluding carboxylic acids is 4. The highest BCUT2D eigenvalue weighted by Gasteiger charge is 2.30. The summed E-state index contributed by atoms with van der Waals surface area (Å²) >= 11 is 0. The number of piperidine rings is 1. The molecule has 0 radical (unpaired) electrons. The SMILES string of the molecule is CC(C)(C)OC(=O)NCCC(=O)OCC(=O)N1CCCC[C@@H]1C(N)=O. The van der Waals surface area contributed by atoms with Crippen LogP contribution in [0.3, 0.4) is 0 Å². The van der Waals surface area contributed by atoms with Crippen molar-refractivity contribution in [1.82, 2.24) is 10.2 Å². The van der Waals surface area contributed by atoms with Crippen LogP contribution in [0.4, 0.5) is 4.79 Å². The molecule has 0 aromatic carbocycles. The molecule has 1 rings (SSSR count). The number of hydrogen-bond acceptors (Lipinski definition) is 6. The number of likely N-dealkylation sites (tertiary alicyclic amines) is 1. The molecule has 3 amide bonds. The third-order valence-corrected chi connectivity index (χ3v) is 3.51. The van der Waals surface area contributed by atoms with Crippen LogP contribution >= 0.6 is 0 Å². The molecule has 9 heteroatoms. The summed E-state index contributed by atoms with van der Waals surface area (Å²) in [5.41, 5.74) is 4.67. The Labute approximate surface area is 147 Å². The summed E-state index contributed by atoms with van der Waals surface area (Å²) in [6.07, 6.45) is 1.41. The molecule has 0 aromatic rings. The van der Waals surface area contributed by atoms with Gasteiger partial charge >= 0.3 is 12.1 Å². The minimum absolute atomic E-state index is 0.0373. The number of ether oxygens (including phenoxy) is 2. The lowest BCUT2D eigenvalue weighted by molar-refractivity contribution is -0.154. The van der Waals surface area contributed by atoms with Crippen molar-refractivity contribution in [2.45, 2.75) is 58.1 Å². The summed E-state index contributed by atoms with van der Waals surface area (Å²) in [6, 6.07) is -0.645. The van der Waals surface area contributed by atoms with Gasteiger partial charge < -0.3 is 25.4 Å². The van der Waals surface area contributed by atoms with Crippen molar-refractivity contribution in [3.63, 3.8) is 0 Å². The Kier molecular flexibility index (Phi) is 7.66. The van der Waals surface area contributed by atoms with Gasteiger partial charge in [-0.3, -0.25) is 14.4 Å². The summed E-state index contributed by atoms with van der Waals surface area (Å²) in [5.74, 6) is -1.63. The van der Waals surface area contributed by atoms with E-state index in [4.69, 9.17) is 15.2 Å². The third-order valence-electron chi connectivity index (χ3n) is 3.51. The quantitative estimate of drug-likeness (QED) is 0.659. The van der Waals surface area contributed by atoms with Gasteiger partial charge in [-0.05, 0) is 40.0 Å². The molecule has 3 N–H and O–H groups in total. The van der Waals surface area contributed by atoms with Crippen molar-refractivity contribution >= 4 is 23.9 Å². The lowest BCUT2D eigenvalue weighted by Gasteiger charge is -2.33. The molecule has 25 heavy (non-hydrogen) atoms. The molecule has 0 bridgehead atoms. The Morgan fingerprint density at radius 3 is 2.48 bits per heavy atom. The fourth-order valence-corrected chi connectivity index (χ4v) is 2.40. The average molecular weight is 357 g/mol. The van der Waals surface area contributed by atoms with Gasteiger partial charge in [0.1, 0.15) is 11.6 Å². The fourth-order valence-electron chi connectivity index (χ4n) is 2.40. The number of nitrogens with zero attached hydrogens (tertiary/aromatic N) is 1. The minimum atomic E-state index is -0.645. The number of alkyl carbamates (subject to hydrolysis) is 1. The first kappa shape index (κ1) is 20.7. The zero-order valence-corrected chi connectivity index (χ0v) is 15.0. The maximum Gasteiger partial charge on any atom is 0.407 e. The van der Waals surface area contributed by atoms with Gasteiger partial charge in [0.15, 0.2) is 6.61 Å². The summed E-state index contributed by atoms with van der Waals surface area (Å²) in [7, 11) is 0. The van der Waals surface area contributed by atoms with E-state index in [1.165, 1.54) is 4.90 Å². The number of nitrogens with two attached hydrogens (primary N) is 1. The largest absolute Gasteiger partial charge is 0.456 e. The van der Waals surface area contributed by atoms with Gasteiger partial charge in [-0.25, -0.2) is 4.79 Å². The molecule has 0 aromatic heterocycles. The van der Waals surface area contributed by atoms with E-state index in [1.54, 1.807) is 20.8 Å². The molecular formula is C16H27N3O6. The smallest absolute Gasteiger partial charge is 0.407 e. The van der Waals surface area contributed by atoms with Crippen LogP contribution in [0.15, 0.2) is 0 Å². The molecule has 1 saturated heterocycles. The first-order valence-electron chi connectivity index (χ1n) is 8.31. The van der Waals surface area contributed by atoms with Gasteiger partial charge in [-0.2, -0.15) is 0 Å². The van der Waals surface area contributed by atoms with Crippen molar-refractivity contribution < 1.29 is 28.7 Å². The van der Waals surface area contributed by atoms with Gasteiger partial charge in [-0.15, -0.1) is 0 Å². The Morgan fingerprint density at radius 1 is 1.20 bits per heavy atom. The Balaban J connectivity index is 2.30. The van der Waals surface area contributed by atoms with Crippen molar-refractivity contribution in [1.29, 1.82) is 0 Å². The van der Waals surface area contributed by atoms with Crippen molar-refractivity contribution in [3.05, 3.63) is 0 Å². The molecule has 0 spiro atoms. The highest BCUT2D eigenvalue weighted by Crippen LogP contribution is 2.16. The van der Waals surface area contributed by atoms with Gasteiger partial charge in [0.25, 0.3) is 5.91 Å². The van der Waals surface area contributed by atoms with Crippen LogP contribution in [0.5, 0.6) is 0 Å². The van der Waals surface area contributed by atoms with Crippen molar-refractivity contribution in [2.75, 3.05) is 19.7 Å². The standard InChI is InChI=1S/C16H27N3O6/c1-16(2,3)25-15(23)18-8-7-13(21)24-10-12(20)19-9-5-4-6-11(19)14(17)22/h11H,4-10H2,1-3H3,(H2,17,22)(H,18,23)/t11-/m1/s1. The average Bonchev–Trinajstić information content (AvgIpc) is 2.50. The molecule has 1 fully saturated rings. The predicted octanol–water partition coefficient (Wildman–Crippen LogP) is 0.311. The second-order valence-corrected chi connectivity index (χ2v) is 6.84. The monoisotopic (exact) mass is 357 g/mol. The number of primary amides is 1. The van der Waals surface area contributed by atoms with E-state index in [9.17, 15) is 19.2 Å². The summed E-state index contributed by atoms with van der Waals surface area (Å²) < 4.78 is 9.92. The Morgan fingerprint density at radius 2 is 1.88 bits per heavy atom. The lowest BCUT2D eigenvalue weighted by atomic mass is 10.0. The molecule has 1 aliphatic heterocycles. The van der Waals surface area contributed by atoms with Gasteiger partial charge in [0.2, 0.25) is 5.91 Å². The number of amides is 3. The molecule has 1 atom stereocenters. The molecule has 1 heterocycles. The number of esters is 1. The number of carbonyl (C=O) groups is 4. The summed E-state index contributed by atoms with van der Waals surface area (Å²) in [6.45, 7) is 5.19. The Bertz CT molecular complexity index is 514. The van der Waals surface area contributed by atoms with Crippen LogP contribution in [0.25, 0.3) is 0 Å².